The number of nitrogens with two attached hydrogens (primary N) is 1. The molecule has 0 amide bonds. The van der Waals surface area contributed by atoms with Crippen LogP contribution in [-0.2, 0) is 7.05 Å². The van der Waals surface area contributed by atoms with Gasteiger partial charge in [-0.3, -0.25) is 9.48 Å². The maximum atomic E-state index is 12.2. The molecule has 82 valence electrons. The van der Waals surface area contributed by atoms with Gasteiger partial charge >= 0.3 is 0 Å². The van der Waals surface area contributed by atoms with Gasteiger partial charge in [-0.15, -0.1) is 0 Å². The van der Waals surface area contributed by atoms with Gasteiger partial charge < -0.3 is 5.73 Å². The van der Waals surface area contributed by atoms with Crippen molar-refractivity contribution in [2.24, 2.45) is 7.05 Å². The molecule has 0 saturated heterocycles. The third kappa shape index (κ3) is 1.58. The Morgan fingerprint density at radius 3 is 2.56 bits per heavy atom. The molecule has 0 fully saturated rings. The molecule has 0 aliphatic rings. The zero-order valence-electron chi connectivity index (χ0n) is 9.27. The van der Waals surface area contributed by atoms with E-state index < -0.39 is 0 Å². The van der Waals surface area contributed by atoms with Crippen molar-refractivity contribution in [3.8, 4) is 0 Å². The summed E-state index contributed by atoms with van der Waals surface area (Å²) in [5.74, 6) is 0.317. The number of anilines is 1. The smallest absolute Gasteiger partial charge is 0.198 e. The Kier molecular flexibility index (Phi) is 2.48. The maximum absolute atomic E-state index is 12.2. The van der Waals surface area contributed by atoms with E-state index in [-0.39, 0.29) is 5.78 Å². The lowest BCUT2D eigenvalue weighted by molar-refractivity contribution is 0.103. The Bertz CT molecular complexity index is 543. The van der Waals surface area contributed by atoms with E-state index in [2.05, 4.69) is 5.10 Å². The number of carbonyl (C=O) groups is 1. The first-order valence-corrected chi connectivity index (χ1v) is 4.99. The minimum Gasteiger partial charge on any atom is -0.383 e. The van der Waals surface area contributed by atoms with Gasteiger partial charge in [0, 0.05) is 12.6 Å². The van der Waals surface area contributed by atoms with Gasteiger partial charge in [-0.25, -0.2) is 0 Å². The number of benzene rings is 1. The summed E-state index contributed by atoms with van der Waals surface area (Å²) >= 11 is 0. The van der Waals surface area contributed by atoms with Crippen LogP contribution in [0.15, 0.2) is 30.5 Å². The molecular weight excluding hydrogens is 202 g/mol. The minimum atomic E-state index is -0.0799. The first-order valence-electron chi connectivity index (χ1n) is 4.99. The van der Waals surface area contributed by atoms with E-state index in [1.807, 2.05) is 25.1 Å². The topological polar surface area (TPSA) is 60.9 Å². The Balaban J connectivity index is 2.48. The van der Waals surface area contributed by atoms with Crippen molar-refractivity contribution in [3.63, 3.8) is 0 Å². The Morgan fingerprint density at radius 1 is 1.31 bits per heavy atom. The number of hydrogen-bond acceptors (Lipinski definition) is 3. The van der Waals surface area contributed by atoms with Gasteiger partial charge in [-0.1, -0.05) is 24.3 Å². The number of aryl methyl sites for hydroxylation is 2. The van der Waals surface area contributed by atoms with Gasteiger partial charge in [0.25, 0.3) is 0 Å². The lowest BCUT2D eigenvalue weighted by Crippen LogP contribution is -2.07. The molecule has 0 saturated carbocycles. The summed E-state index contributed by atoms with van der Waals surface area (Å²) in [6, 6.07) is 7.44. The summed E-state index contributed by atoms with van der Waals surface area (Å²) in [6.45, 7) is 1.90. The van der Waals surface area contributed by atoms with E-state index >= 15 is 0 Å². The van der Waals surface area contributed by atoms with Gasteiger partial charge in [0.2, 0.25) is 0 Å². The fourth-order valence-corrected chi connectivity index (χ4v) is 1.59. The lowest BCUT2D eigenvalue weighted by atomic mass is 10.0. The second-order valence-corrected chi connectivity index (χ2v) is 3.71. The number of rotatable bonds is 2. The molecule has 2 rings (SSSR count). The van der Waals surface area contributed by atoms with Crippen LogP contribution in [0.2, 0.25) is 0 Å². The normalized spacial score (nSPS) is 10.4. The van der Waals surface area contributed by atoms with Crippen molar-refractivity contribution in [1.29, 1.82) is 0 Å². The molecule has 0 aliphatic carbocycles. The number of aromatic nitrogens is 2. The second kappa shape index (κ2) is 3.81. The Labute approximate surface area is 93.7 Å². The average Bonchev–Trinajstić information content (AvgIpc) is 2.60. The molecule has 16 heavy (non-hydrogen) atoms. The van der Waals surface area contributed by atoms with E-state index in [1.165, 1.54) is 10.9 Å². The van der Waals surface area contributed by atoms with Gasteiger partial charge in [0.15, 0.2) is 5.78 Å². The molecule has 1 heterocycles. The highest BCUT2D eigenvalue weighted by molar-refractivity contribution is 6.12. The van der Waals surface area contributed by atoms with E-state index in [0.29, 0.717) is 16.9 Å². The maximum Gasteiger partial charge on any atom is 0.198 e. The van der Waals surface area contributed by atoms with E-state index in [0.717, 1.165) is 5.56 Å². The number of hydrogen-bond donors (Lipinski definition) is 1. The van der Waals surface area contributed by atoms with Crippen molar-refractivity contribution in [1.82, 2.24) is 9.78 Å². The highest BCUT2D eigenvalue weighted by Crippen LogP contribution is 2.17. The summed E-state index contributed by atoms with van der Waals surface area (Å²) in [6.07, 6.45) is 1.50. The standard InChI is InChI=1S/C12H13N3O/c1-8-5-3-4-6-9(8)11(16)10-7-14-15(2)12(10)13/h3-7H,13H2,1-2H3. The van der Waals surface area contributed by atoms with Crippen molar-refractivity contribution in [3.05, 3.63) is 47.2 Å². The van der Waals surface area contributed by atoms with Crippen LogP contribution >= 0.6 is 0 Å². The molecule has 0 atom stereocenters. The third-order valence-electron chi connectivity index (χ3n) is 2.62. The van der Waals surface area contributed by atoms with Crippen LogP contribution in [0.3, 0.4) is 0 Å². The van der Waals surface area contributed by atoms with Crippen molar-refractivity contribution in [2.45, 2.75) is 6.92 Å². The van der Waals surface area contributed by atoms with E-state index in [4.69, 9.17) is 5.73 Å². The number of carbonyl (C=O) groups excluding carboxylic acids is 1. The largest absolute Gasteiger partial charge is 0.383 e. The number of ketones is 1. The molecule has 2 aromatic rings. The Hall–Kier alpha value is -2.10. The second-order valence-electron chi connectivity index (χ2n) is 3.71. The van der Waals surface area contributed by atoms with Crippen LogP contribution in [-0.4, -0.2) is 15.6 Å². The summed E-state index contributed by atoms with van der Waals surface area (Å²) in [7, 11) is 1.71. The number of nitrogens with zero attached hydrogens (tertiary/aromatic N) is 2. The predicted octanol–water partition coefficient (Wildman–Crippen LogP) is 1.54. The van der Waals surface area contributed by atoms with Crippen LogP contribution < -0.4 is 5.73 Å². The summed E-state index contributed by atoms with van der Waals surface area (Å²) in [4.78, 5) is 12.2. The zero-order valence-corrected chi connectivity index (χ0v) is 9.27. The van der Waals surface area contributed by atoms with Crippen molar-refractivity contribution >= 4 is 11.6 Å². The fourth-order valence-electron chi connectivity index (χ4n) is 1.59. The fraction of sp³-hybridized carbons (Fsp3) is 0.167. The van der Waals surface area contributed by atoms with Crippen LogP contribution in [0.25, 0.3) is 0 Å². The van der Waals surface area contributed by atoms with Crippen LogP contribution in [0.1, 0.15) is 21.5 Å². The quantitative estimate of drug-likeness (QED) is 0.773. The van der Waals surface area contributed by atoms with E-state index in [9.17, 15) is 4.79 Å². The summed E-state index contributed by atoms with van der Waals surface area (Å²) < 4.78 is 1.49. The highest BCUT2D eigenvalue weighted by atomic mass is 16.1. The van der Waals surface area contributed by atoms with Crippen LogP contribution in [0.4, 0.5) is 5.82 Å². The molecule has 4 nitrogen and oxygen atoms in total. The molecule has 2 N–H and O–H groups in total. The molecule has 0 bridgehead atoms. The molecule has 0 spiro atoms. The zero-order chi connectivity index (χ0) is 11.7. The third-order valence-corrected chi connectivity index (χ3v) is 2.62. The lowest BCUT2D eigenvalue weighted by Gasteiger charge is -2.03. The monoisotopic (exact) mass is 215 g/mol. The van der Waals surface area contributed by atoms with Gasteiger partial charge in [-0.05, 0) is 12.5 Å². The van der Waals surface area contributed by atoms with Gasteiger partial charge in [-0.2, -0.15) is 5.10 Å². The average molecular weight is 215 g/mol. The summed E-state index contributed by atoms with van der Waals surface area (Å²) in [5, 5.41) is 3.96. The Morgan fingerprint density at radius 2 is 2.00 bits per heavy atom. The van der Waals surface area contributed by atoms with Crippen LogP contribution in [0.5, 0.6) is 0 Å². The van der Waals surface area contributed by atoms with Crippen LogP contribution in [0, 0.1) is 6.92 Å². The molecular formula is C12H13N3O. The van der Waals surface area contributed by atoms with Gasteiger partial charge in [0.05, 0.1) is 11.8 Å². The first kappa shape index (κ1) is 10.4. The molecule has 0 aliphatic heterocycles. The van der Waals surface area contributed by atoms with Gasteiger partial charge in [0.1, 0.15) is 5.82 Å². The number of nitrogen functional groups attached to an aromatic ring is 1. The van der Waals surface area contributed by atoms with Crippen molar-refractivity contribution < 1.29 is 4.79 Å². The molecule has 4 heteroatoms. The SMILES string of the molecule is Cc1ccccc1C(=O)c1cnn(C)c1N. The van der Waals surface area contributed by atoms with Crippen molar-refractivity contribution in [2.75, 3.05) is 5.73 Å². The molecule has 1 aromatic heterocycles. The minimum absolute atomic E-state index is 0.0799. The highest BCUT2D eigenvalue weighted by Gasteiger charge is 2.16. The predicted molar refractivity (Wildman–Crippen MR) is 62.2 cm³/mol. The molecule has 0 unspecified atom stereocenters. The molecule has 0 radical (unpaired) electrons. The first-order chi connectivity index (χ1) is 7.61. The molecule has 1 aromatic carbocycles. The summed E-state index contributed by atoms with van der Waals surface area (Å²) in [5.41, 5.74) is 7.84. The van der Waals surface area contributed by atoms with E-state index in [1.54, 1.807) is 13.1 Å².